The lowest BCUT2D eigenvalue weighted by atomic mass is 10.1. The number of benzene rings is 1. The smallest absolute Gasteiger partial charge is 0.349 e. The van der Waals surface area contributed by atoms with Gasteiger partial charge in [-0.1, -0.05) is 0 Å². The first kappa shape index (κ1) is 23.2. The minimum atomic E-state index is -3.89. The Bertz CT molecular complexity index is 1250. The molecule has 13 heteroatoms. The molecule has 5 N–H and O–H groups in total. The van der Waals surface area contributed by atoms with E-state index >= 15 is 0 Å². The van der Waals surface area contributed by atoms with Crippen LogP contribution < -0.4 is 11.2 Å². The Labute approximate surface area is 175 Å². The first-order valence-electron chi connectivity index (χ1n) is 9.28. The van der Waals surface area contributed by atoms with E-state index in [4.69, 9.17) is 4.89 Å². The topological polar surface area (TPSA) is 188 Å². The van der Waals surface area contributed by atoms with Crippen LogP contribution in [0.15, 0.2) is 21.7 Å². The fourth-order valence-corrected chi connectivity index (χ4v) is 3.53. The highest BCUT2D eigenvalue weighted by Crippen LogP contribution is 2.36. The van der Waals surface area contributed by atoms with Gasteiger partial charge in [0.05, 0.1) is 24.2 Å². The molecule has 0 spiro atoms. The normalized spacial score (nSPS) is 16.9. The SMILES string of the molecule is Cc1cc2nc3c(=O)[nH]c(=O)nc-3n(C[C@@H](O)[C@@H](O)[C@@H](O)COP(C)(=O)O)c2cc1C. The van der Waals surface area contributed by atoms with Gasteiger partial charge < -0.3 is 29.3 Å². The summed E-state index contributed by atoms with van der Waals surface area (Å²) in [7, 11) is -3.89. The van der Waals surface area contributed by atoms with Gasteiger partial charge in [-0.25, -0.2) is 9.78 Å². The maximum atomic E-state index is 12.3. The van der Waals surface area contributed by atoms with Gasteiger partial charge in [0.15, 0.2) is 11.5 Å². The summed E-state index contributed by atoms with van der Waals surface area (Å²) < 4.78 is 17.2. The zero-order chi connectivity index (χ0) is 23.1. The summed E-state index contributed by atoms with van der Waals surface area (Å²) in [6, 6.07) is 3.47. The molecule has 4 atom stereocenters. The maximum absolute atomic E-state index is 12.3. The third kappa shape index (κ3) is 5.06. The van der Waals surface area contributed by atoms with Crippen LogP contribution in [-0.2, 0) is 15.6 Å². The third-order valence-electron chi connectivity index (χ3n) is 4.87. The molecule has 0 bridgehead atoms. The van der Waals surface area contributed by atoms with E-state index in [1.807, 2.05) is 18.8 Å². The molecule has 0 aliphatic carbocycles. The van der Waals surface area contributed by atoms with E-state index in [-0.39, 0.29) is 18.1 Å². The molecule has 2 aliphatic heterocycles. The number of aryl methyl sites for hydroxylation is 2. The molecular formula is C18H23N4O8P. The van der Waals surface area contributed by atoms with Gasteiger partial charge in [-0.2, -0.15) is 4.98 Å². The molecule has 168 valence electrons. The summed E-state index contributed by atoms with van der Waals surface area (Å²) in [4.78, 5) is 43.3. The van der Waals surface area contributed by atoms with Crippen LogP contribution in [0.2, 0.25) is 0 Å². The average Bonchev–Trinajstić information content (AvgIpc) is 2.67. The summed E-state index contributed by atoms with van der Waals surface area (Å²) in [5, 5.41) is 30.8. The minimum Gasteiger partial charge on any atom is -0.388 e. The lowest BCUT2D eigenvalue weighted by molar-refractivity contribution is -0.0776. The number of nitrogens with one attached hydrogen (secondary N) is 1. The second-order valence-corrected chi connectivity index (χ2v) is 9.28. The number of hydrogen-bond donors (Lipinski definition) is 5. The second kappa shape index (κ2) is 8.58. The van der Waals surface area contributed by atoms with Crippen LogP contribution in [0.1, 0.15) is 11.1 Å². The van der Waals surface area contributed by atoms with E-state index in [2.05, 4.69) is 14.5 Å². The lowest BCUT2D eigenvalue weighted by Gasteiger charge is -2.26. The van der Waals surface area contributed by atoms with E-state index in [0.29, 0.717) is 11.0 Å². The molecule has 1 aromatic rings. The predicted molar refractivity (Wildman–Crippen MR) is 110 cm³/mol. The Morgan fingerprint density at radius 2 is 1.77 bits per heavy atom. The van der Waals surface area contributed by atoms with Crippen LogP contribution >= 0.6 is 7.60 Å². The number of H-pyrrole nitrogens is 1. The van der Waals surface area contributed by atoms with E-state index in [9.17, 15) is 29.5 Å². The Morgan fingerprint density at radius 3 is 2.42 bits per heavy atom. The Hall–Kier alpha value is -2.47. The number of aliphatic hydroxyl groups is 3. The van der Waals surface area contributed by atoms with Crippen molar-refractivity contribution in [2.24, 2.45) is 0 Å². The van der Waals surface area contributed by atoms with Crippen LogP contribution in [0, 0.1) is 13.8 Å². The maximum Gasteiger partial charge on any atom is 0.349 e. The molecule has 3 rings (SSSR count). The lowest BCUT2D eigenvalue weighted by Crippen LogP contribution is -2.42. The van der Waals surface area contributed by atoms with Gasteiger partial charge in [0, 0.05) is 6.66 Å². The molecular weight excluding hydrogens is 431 g/mol. The van der Waals surface area contributed by atoms with Crippen LogP contribution in [-0.4, -0.2) is 71.3 Å². The first-order valence-corrected chi connectivity index (χ1v) is 11.3. The van der Waals surface area contributed by atoms with Crippen molar-refractivity contribution in [1.82, 2.24) is 19.5 Å². The van der Waals surface area contributed by atoms with Crippen molar-refractivity contribution in [2.45, 2.75) is 38.7 Å². The number of fused-ring (bicyclic) bond motifs is 2. The molecule has 1 aromatic carbocycles. The standard InChI is InChI=1S/C18H23N4O8P/c1-8-4-10-11(5-9(8)2)22(16-14(19-10)17(26)21-18(27)20-16)6-12(23)15(25)13(24)7-30-31(3,28)29/h4-5,12-13,15,23-25H,6-7H2,1-3H3,(H,28,29)(H,21,26,27)/t12-,13+,15-/m1/s1. The van der Waals surface area contributed by atoms with Crippen LogP contribution in [0.5, 0.6) is 0 Å². The highest BCUT2D eigenvalue weighted by atomic mass is 31.2. The van der Waals surface area contributed by atoms with Gasteiger partial charge in [0.2, 0.25) is 0 Å². The van der Waals surface area contributed by atoms with Crippen LogP contribution in [0.4, 0.5) is 0 Å². The number of aromatic amines is 1. The van der Waals surface area contributed by atoms with Gasteiger partial charge in [-0.05, 0) is 37.1 Å². The van der Waals surface area contributed by atoms with Gasteiger partial charge in [-0.15, -0.1) is 0 Å². The quantitative estimate of drug-likeness (QED) is 0.221. The molecule has 0 radical (unpaired) electrons. The number of aliphatic hydroxyl groups excluding tert-OH is 3. The molecule has 0 amide bonds. The van der Waals surface area contributed by atoms with Crippen molar-refractivity contribution in [3.63, 3.8) is 0 Å². The number of hydrogen-bond acceptors (Lipinski definition) is 9. The summed E-state index contributed by atoms with van der Waals surface area (Å²) >= 11 is 0. The predicted octanol–water partition coefficient (Wildman–Crippen LogP) is -0.884. The van der Waals surface area contributed by atoms with Crippen LogP contribution in [0.25, 0.3) is 22.6 Å². The summed E-state index contributed by atoms with van der Waals surface area (Å²) in [5.74, 6) is -0.102. The first-order chi connectivity index (χ1) is 14.4. The van der Waals surface area contributed by atoms with Gasteiger partial charge in [-0.3, -0.25) is 14.3 Å². The van der Waals surface area contributed by atoms with Crippen molar-refractivity contribution in [3.05, 3.63) is 44.1 Å². The molecule has 1 unspecified atom stereocenters. The summed E-state index contributed by atoms with van der Waals surface area (Å²) in [5.41, 5.74) is 0.831. The Morgan fingerprint density at radius 1 is 1.13 bits per heavy atom. The minimum absolute atomic E-state index is 0.102. The molecule has 31 heavy (non-hydrogen) atoms. The third-order valence-corrected chi connectivity index (χ3v) is 5.50. The molecule has 2 aliphatic rings. The number of rotatable bonds is 7. The molecule has 0 saturated carbocycles. The number of nitrogens with zero attached hydrogens (tertiary/aromatic N) is 3. The zero-order valence-corrected chi connectivity index (χ0v) is 17.9. The molecule has 0 fully saturated rings. The molecule has 2 heterocycles. The van der Waals surface area contributed by atoms with E-state index in [0.717, 1.165) is 17.8 Å². The van der Waals surface area contributed by atoms with Crippen molar-refractivity contribution >= 4 is 18.6 Å². The van der Waals surface area contributed by atoms with Crippen LogP contribution in [0.3, 0.4) is 0 Å². The van der Waals surface area contributed by atoms with E-state index < -0.39 is 43.8 Å². The Balaban J connectivity index is 2.06. The van der Waals surface area contributed by atoms with Gasteiger partial charge in [0.25, 0.3) is 5.56 Å². The molecule has 0 aromatic heterocycles. The van der Waals surface area contributed by atoms with Crippen molar-refractivity contribution in [1.29, 1.82) is 0 Å². The van der Waals surface area contributed by atoms with Crippen molar-refractivity contribution in [2.75, 3.05) is 13.3 Å². The van der Waals surface area contributed by atoms with Crippen molar-refractivity contribution in [3.8, 4) is 11.5 Å². The van der Waals surface area contributed by atoms with E-state index in [1.165, 1.54) is 4.57 Å². The monoisotopic (exact) mass is 454 g/mol. The average molecular weight is 454 g/mol. The second-order valence-electron chi connectivity index (χ2n) is 7.41. The van der Waals surface area contributed by atoms with Gasteiger partial charge in [0.1, 0.15) is 18.3 Å². The Kier molecular flexibility index (Phi) is 6.42. The van der Waals surface area contributed by atoms with E-state index in [1.54, 1.807) is 12.1 Å². The molecule has 12 nitrogen and oxygen atoms in total. The largest absolute Gasteiger partial charge is 0.388 e. The molecule has 0 saturated heterocycles. The fraction of sp³-hybridized carbons (Fsp3) is 0.444. The van der Waals surface area contributed by atoms with Gasteiger partial charge >= 0.3 is 13.3 Å². The summed E-state index contributed by atoms with van der Waals surface area (Å²) in [6.45, 7) is 3.57. The van der Waals surface area contributed by atoms with Crippen molar-refractivity contribution < 1.29 is 29.3 Å². The number of aromatic nitrogens is 4. The highest BCUT2D eigenvalue weighted by molar-refractivity contribution is 7.51. The highest BCUT2D eigenvalue weighted by Gasteiger charge is 2.29. The summed E-state index contributed by atoms with van der Waals surface area (Å²) in [6.07, 6.45) is -5.05. The zero-order valence-electron chi connectivity index (χ0n) is 17.0. The fourth-order valence-electron chi connectivity index (χ4n) is 3.10.